The molecule has 1 amide bonds. The van der Waals surface area contributed by atoms with E-state index in [1.54, 1.807) is 23.1 Å². The van der Waals surface area contributed by atoms with Crippen LogP contribution in [-0.4, -0.2) is 60.3 Å². The van der Waals surface area contributed by atoms with Gasteiger partial charge in [0, 0.05) is 50.9 Å². The van der Waals surface area contributed by atoms with Gasteiger partial charge < -0.3 is 14.7 Å². The van der Waals surface area contributed by atoms with E-state index >= 15 is 0 Å². The Morgan fingerprint density at radius 2 is 1.40 bits per heavy atom. The zero-order valence-corrected chi connectivity index (χ0v) is 17.2. The van der Waals surface area contributed by atoms with Gasteiger partial charge >= 0.3 is 0 Å². The van der Waals surface area contributed by atoms with E-state index in [9.17, 15) is 9.18 Å². The van der Waals surface area contributed by atoms with E-state index in [2.05, 4.69) is 26.1 Å². The lowest BCUT2D eigenvalue weighted by molar-refractivity contribution is -0.126. The van der Waals surface area contributed by atoms with Crippen molar-refractivity contribution in [3.63, 3.8) is 0 Å². The van der Waals surface area contributed by atoms with Crippen LogP contribution in [0.2, 0.25) is 0 Å². The molecule has 0 spiro atoms. The molecule has 7 heteroatoms. The normalized spacial score (nSPS) is 18.0. The molecule has 0 atom stereocenters. The highest BCUT2D eigenvalue weighted by Crippen LogP contribution is 2.20. The topological polar surface area (TPSA) is 52.6 Å². The van der Waals surface area contributed by atoms with Crippen LogP contribution >= 0.6 is 0 Å². The molecule has 1 aromatic heterocycles. The van der Waals surface area contributed by atoms with Crippen molar-refractivity contribution in [1.82, 2.24) is 15.1 Å². The molecule has 0 bridgehead atoms. The fraction of sp³-hybridized carbons (Fsp3) is 0.435. The maximum atomic E-state index is 13.7. The minimum atomic E-state index is -0.325. The van der Waals surface area contributed by atoms with Crippen molar-refractivity contribution in [2.75, 3.05) is 49.1 Å². The van der Waals surface area contributed by atoms with Gasteiger partial charge in [0.25, 0.3) is 0 Å². The fourth-order valence-electron chi connectivity index (χ4n) is 3.99. The Labute approximate surface area is 177 Å². The summed E-state index contributed by atoms with van der Waals surface area (Å²) in [5, 5.41) is 8.89. The number of piperazine rings is 1. The van der Waals surface area contributed by atoms with Gasteiger partial charge in [0.1, 0.15) is 5.82 Å². The van der Waals surface area contributed by atoms with E-state index in [4.69, 9.17) is 0 Å². The Balaban J connectivity index is 1.30. The molecule has 0 radical (unpaired) electrons. The summed E-state index contributed by atoms with van der Waals surface area (Å²) in [6.45, 7) is 4.73. The number of amides is 1. The van der Waals surface area contributed by atoms with Gasteiger partial charge in [0.05, 0.1) is 0 Å². The second-order valence-electron chi connectivity index (χ2n) is 7.82. The van der Waals surface area contributed by atoms with Crippen molar-refractivity contribution in [1.29, 1.82) is 0 Å². The third-order valence-corrected chi connectivity index (χ3v) is 5.79. The first-order valence-electron chi connectivity index (χ1n) is 10.8. The largest absolute Gasteiger partial charge is 0.355 e. The lowest BCUT2D eigenvalue weighted by Gasteiger charge is -2.34. The summed E-state index contributed by atoms with van der Waals surface area (Å²) in [5.74, 6) is 1.38. The number of benzene rings is 1. The molecule has 0 aliphatic carbocycles. The Kier molecular flexibility index (Phi) is 6.57. The number of rotatable bonds is 4. The van der Waals surface area contributed by atoms with Crippen LogP contribution in [-0.2, 0) is 4.79 Å². The first kappa shape index (κ1) is 20.3. The van der Waals surface area contributed by atoms with Gasteiger partial charge in [-0.1, -0.05) is 31.0 Å². The number of hydrogen-bond donors (Lipinski definition) is 0. The molecular weight excluding hydrogens is 381 g/mol. The van der Waals surface area contributed by atoms with E-state index in [0.29, 0.717) is 31.7 Å². The van der Waals surface area contributed by atoms with Gasteiger partial charge in [-0.15, -0.1) is 10.2 Å². The average Bonchev–Trinajstić information content (AvgIpc) is 3.08. The number of halogens is 1. The smallest absolute Gasteiger partial charge is 0.246 e. The SMILES string of the molecule is O=C(/C=C/c1ccccc1F)N1CCN(c2ccc(N3CCCCCC3)nn2)CC1. The minimum absolute atomic E-state index is 0.0968. The van der Waals surface area contributed by atoms with E-state index in [0.717, 1.165) is 24.7 Å². The van der Waals surface area contributed by atoms with Gasteiger partial charge in [0.2, 0.25) is 5.91 Å². The monoisotopic (exact) mass is 409 g/mol. The molecule has 2 aliphatic rings. The van der Waals surface area contributed by atoms with Crippen molar-refractivity contribution < 1.29 is 9.18 Å². The van der Waals surface area contributed by atoms with Gasteiger partial charge in [-0.3, -0.25) is 4.79 Å². The van der Waals surface area contributed by atoms with Crippen LogP contribution in [0.5, 0.6) is 0 Å². The summed E-state index contributed by atoms with van der Waals surface area (Å²) in [6, 6.07) is 10.5. The van der Waals surface area contributed by atoms with E-state index < -0.39 is 0 Å². The molecule has 2 aromatic rings. The predicted molar refractivity (Wildman–Crippen MR) is 117 cm³/mol. The van der Waals surface area contributed by atoms with Crippen LogP contribution in [0.3, 0.4) is 0 Å². The third kappa shape index (κ3) is 4.96. The highest BCUT2D eigenvalue weighted by Gasteiger charge is 2.21. The van der Waals surface area contributed by atoms with Crippen LogP contribution in [0.4, 0.5) is 16.0 Å². The Bertz CT molecular complexity index is 869. The first-order chi connectivity index (χ1) is 14.7. The lowest BCUT2D eigenvalue weighted by atomic mass is 10.2. The summed E-state index contributed by atoms with van der Waals surface area (Å²) in [7, 11) is 0. The Hall–Kier alpha value is -2.96. The highest BCUT2D eigenvalue weighted by atomic mass is 19.1. The summed E-state index contributed by atoms with van der Waals surface area (Å²) in [5.41, 5.74) is 0.421. The maximum Gasteiger partial charge on any atom is 0.246 e. The summed E-state index contributed by atoms with van der Waals surface area (Å²) >= 11 is 0. The van der Waals surface area contributed by atoms with Crippen LogP contribution in [0.25, 0.3) is 6.08 Å². The maximum absolute atomic E-state index is 13.7. The second kappa shape index (κ2) is 9.69. The third-order valence-electron chi connectivity index (χ3n) is 5.79. The van der Waals surface area contributed by atoms with Gasteiger partial charge in [0.15, 0.2) is 11.6 Å². The predicted octanol–water partition coefficient (Wildman–Crippen LogP) is 3.36. The lowest BCUT2D eigenvalue weighted by Crippen LogP contribution is -2.48. The van der Waals surface area contributed by atoms with E-state index in [1.165, 1.54) is 43.9 Å². The number of hydrogen-bond acceptors (Lipinski definition) is 5. The molecule has 158 valence electrons. The van der Waals surface area contributed by atoms with Gasteiger partial charge in [-0.25, -0.2) is 4.39 Å². The van der Waals surface area contributed by atoms with Crippen LogP contribution in [0, 0.1) is 5.82 Å². The van der Waals surface area contributed by atoms with Gasteiger partial charge in [-0.05, 0) is 37.1 Å². The van der Waals surface area contributed by atoms with Crippen LogP contribution in [0.15, 0.2) is 42.5 Å². The Morgan fingerprint density at radius 1 is 0.800 bits per heavy atom. The van der Waals surface area contributed by atoms with Crippen LogP contribution in [0.1, 0.15) is 31.2 Å². The quantitative estimate of drug-likeness (QED) is 0.725. The molecule has 30 heavy (non-hydrogen) atoms. The number of carbonyl (C=O) groups excluding carboxylic acids is 1. The zero-order chi connectivity index (χ0) is 20.8. The molecule has 0 N–H and O–H groups in total. The van der Waals surface area contributed by atoms with Crippen molar-refractivity contribution >= 4 is 23.6 Å². The number of carbonyl (C=O) groups is 1. The molecule has 1 aromatic carbocycles. The number of anilines is 2. The van der Waals surface area contributed by atoms with Crippen molar-refractivity contribution in [2.45, 2.75) is 25.7 Å². The van der Waals surface area contributed by atoms with E-state index in [-0.39, 0.29) is 11.7 Å². The summed E-state index contributed by atoms with van der Waals surface area (Å²) in [4.78, 5) is 18.7. The molecule has 4 rings (SSSR count). The molecule has 2 fully saturated rings. The first-order valence-corrected chi connectivity index (χ1v) is 10.8. The number of nitrogens with zero attached hydrogens (tertiary/aromatic N) is 5. The van der Waals surface area contributed by atoms with Crippen molar-refractivity contribution in [2.24, 2.45) is 0 Å². The fourth-order valence-corrected chi connectivity index (χ4v) is 3.99. The van der Waals surface area contributed by atoms with Crippen LogP contribution < -0.4 is 9.80 Å². The average molecular weight is 410 g/mol. The summed E-state index contributed by atoms with van der Waals surface area (Å²) < 4.78 is 13.7. The van der Waals surface area contributed by atoms with Crippen molar-refractivity contribution in [3.8, 4) is 0 Å². The molecule has 6 nitrogen and oxygen atoms in total. The summed E-state index contributed by atoms with van der Waals surface area (Å²) in [6.07, 6.45) is 8.00. The molecule has 2 saturated heterocycles. The minimum Gasteiger partial charge on any atom is -0.355 e. The standard InChI is InChI=1S/C23H28FN5O/c24-20-8-4-3-7-19(20)9-12-23(30)29-17-15-28(16-18-29)22-11-10-21(25-26-22)27-13-5-1-2-6-14-27/h3-4,7-12H,1-2,5-6,13-18H2/b12-9+. The molecule has 0 unspecified atom stereocenters. The molecule has 2 aliphatic heterocycles. The van der Waals surface area contributed by atoms with E-state index in [1.807, 2.05) is 6.07 Å². The molecule has 3 heterocycles. The highest BCUT2D eigenvalue weighted by molar-refractivity contribution is 5.92. The number of aromatic nitrogens is 2. The Morgan fingerprint density at radius 3 is 2.00 bits per heavy atom. The molecular formula is C23H28FN5O. The zero-order valence-electron chi connectivity index (χ0n) is 17.2. The second-order valence-corrected chi connectivity index (χ2v) is 7.82. The van der Waals surface area contributed by atoms with Gasteiger partial charge in [-0.2, -0.15) is 0 Å². The molecule has 0 saturated carbocycles. The van der Waals surface area contributed by atoms with Crippen molar-refractivity contribution in [3.05, 3.63) is 53.9 Å².